The molecule has 0 aliphatic heterocycles. The maximum Gasteiger partial charge on any atom is 0.360 e. The molecule has 0 N–H and O–H groups in total. The molecule has 26 heavy (non-hydrogen) atoms. The first-order chi connectivity index (χ1) is 12.6. The Morgan fingerprint density at radius 3 is 2.85 bits per heavy atom. The summed E-state index contributed by atoms with van der Waals surface area (Å²) < 4.78 is 28.9. The predicted molar refractivity (Wildman–Crippen MR) is 93.6 cm³/mol. The average Bonchev–Trinajstić information content (AvgIpc) is 3.12. The quantitative estimate of drug-likeness (QED) is 0.574. The van der Waals surface area contributed by atoms with Crippen LogP contribution in [0.4, 0.5) is 4.39 Å². The van der Waals surface area contributed by atoms with E-state index in [0.717, 1.165) is 0 Å². The minimum atomic E-state index is -0.541. The van der Waals surface area contributed by atoms with Crippen molar-refractivity contribution in [3.05, 3.63) is 70.6 Å². The van der Waals surface area contributed by atoms with E-state index in [4.69, 9.17) is 25.6 Å². The van der Waals surface area contributed by atoms with Crippen LogP contribution in [0, 0.1) is 5.82 Å². The molecule has 0 bridgehead atoms. The van der Waals surface area contributed by atoms with Gasteiger partial charge in [0.15, 0.2) is 11.5 Å². The highest BCUT2D eigenvalue weighted by Crippen LogP contribution is 2.26. The molecule has 0 saturated heterocycles. The topological polar surface area (TPSA) is 61.6 Å². The molecule has 1 heterocycles. The highest BCUT2D eigenvalue weighted by atomic mass is 35.5. The highest BCUT2D eigenvalue weighted by molar-refractivity contribution is 6.31. The van der Waals surface area contributed by atoms with Gasteiger partial charge in [-0.1, -0.05) is 35.0 Å². The maximum atomic E-state index is 13.1. The molecule has 0 spiro atoms. The van der Waals surface area contributed by atoms with Gasteiger partial charge >= 0.3 is 5.97 Å². The van der Waals surface area contributed by atoms with Crippen LogP contribution in [0.25, 0.3) is 11.3 Å². The largest absolute Gasteiger partial charge is 0.489 e. The monoisotopic (exact) mass is 375 g/mol. The van der Waals surface area contributed by atoms with Crippen molar-refractivity contribution < 1.29 is 23.2 Å². The zero-order chi connectivity index (χ0) is 18.5. The van der Waals surface area contributed by atoms with E-state index < -0.39 is 11.8 Å². The SMILES string of the molecule is CCOC(=O)c1cc(-c2cccc(OCc3ccc(F)cc3Cl)c2)on1. The lowest BCUT2D eigenvalue weighted by Crippen LogP contribution is -2.04. The Bertz CT molecular complexity index is 925. The Balaban J connectivity index is 1.73. The molecule has 0 atom stereocenters. The number of halogens is 2. The molecule has 7 heteroatoms. The van der Waals surface area contributed by atoms with E-state index in [-0.39, 0.29) is 18.9 Å². The van der Waals surface area contributed by atoms with Crippen molar-refractivity contribution in [2.45, 2.75) is 13.5 Å². The maximum absolute atomic E-state index is 13.1. The normalized spacial score (nSPS) is 10.6. The van der Waals surface area contributed by atoms with E-state index in [1.807, 2.05) is 0 Å². The van der Waals surface area contributed by atoms with Crippen LogP contribution < -0.4 is 4.74 Å². The second-order valence-corrected chi connectivity index (χ2v) is 5.76. The number of hydrogen-bond donors (Lipinski definition) is 0. The molecular weight excluding hydrogens is 361 g/mol. The van der Waals surface area contributed by atoms with Crippen LogP contribution >= 0.6 is 11.6 Å². The summed E-state index contributed by atoms with van der Waals surface area (Å²) in [4.78, 5) is 11.7. The van der Waals surface area contributed by atoms with Gasteiger partial charge in [-0.15, -0.1) is 0 Å². The van der Waals surface area contributed by atoms with E-state index in [0.29, 0.717) is 27.7 Å². The lowest BCUT2D eigenvalue weighted by atomic mass is 10.1. The Hall–Kier alpha value is -2.86. The molecule has 3 rings (SSSR count). The summed E-state index contributed by atoms with van der Waals surface area (Å²) >= 11 is 5.99. The van der Waals surface area contributed by atoms with Crippen molar-refractivity contribution in [3.63, 3.8) is 0 Å². The van der Waals surface area contributed by atoms with Gasteiger partial charge < -0.3 is 14.0 Å². The summed E-state index contributed by atoms with van der Waals surface area (Å²) in [5, 5.41) is 4.01. The number of hydrogen-bond acceptors (Lipinski definition) is 5. The first-order valence-corrected chi connectivity index (χ1v) is 8.25. The highest BCUT2D eigenvalue weighted by Gasteiger charge is 2.15. The third kappa shape index (κ3) is 4.21. The van der Waals surface area contributed by atoms with Crippen molar-refractivity contribution in [1.82, 2.24) is 5.16 Å². The van der Waals surface area contributed by atoms with Gasteiger partial charge in [-0.25, -0.2) is 9.18 Å². The van der Waals surface area contributed by atoms with E-state index in [1.165, 1.54) is 18.2 Å². The molecule has 134 valence electrons. The number of aromatic nitrogens is 1. The number of carbonyl (C=O) groups excluding carboxylic acids is 1. The Kier molecular flexibility index (Phi) is 5.53. The van der Waals surface area contributed by atoms with Crippen LogP contribution in [0.15, 0.2) is 53.1 Å². The summed E-state index contributed by atoms with van der Waals surface area (Å²) in [5.74, 6) is 0.0413. The third-order valence-electron chi connectivity index (χ3n) is 3.52. The minimum absolute atomic E-state index is 0.103. The second-order valence-electron chi connectivity index (χ2n) is 5.35. The van der Waals surface area contributed by atoms with Gasteiger partial charge in [0.05, 0.1) is 11.6 Å². The molecule has 0 amide bonds. The number of carbonyl (C=O) groups is 1. The Morgan fingerprint density at radius 2 is 2.08 bits per heavy atom. The molecule has 1 aromatic heterocycles. The zero-order valence-electron chi connectivity index (χ0n) is 13.9. The van der Waals surface area contributed by atoms with Gasteiger partial charge in [0.25, 0.3) is 0 Å². The summed E-state index contributed by atoms with van der Waals surface area (Å²) in [6.45, 7) is 2.16. The van der Waals surface area contributed by atoms with E-state index in [2.05, 4.69) is 5.16 Å². The minimum Gasteiger partial charge on any atom is -0.489 e. The summed E-state index contributed by atoms with van der Waals surface area (Å²) in [6.07, 6.45) is 0. The van der Waals surface area contributed by atoms with Crippen molar-refractivity contribution in [3.8, 4) is 17.1 Å². The molecule has 0 unspecified atom stereocenters. The van der Waals surface area contributed by atoms with Gasteiger partial charge in [0, 0.05) is 17.2 Å². The summed E-state index contributed by atoms with van der Waals surface area (Å²) in [7, 11) is 0. The predicted octanol–water partition coefficient (Wildman–Crippen LogP) is 4.89. The number of nitrogens with zero attached hydrogens (tertiary/aromatic N) is 1. The smallest absolute Gasteiger partial charge is 0.360 e. The lowest BCUT2D eigenvalue weighted by Gasteiger charge is -2.08. The summed E-state index contributed by atoms with van der Waals surface area (Å²) in [5.41, 5.74) is 1.46. The Morgan fingerprint density at radius 1 is 1.23 bits per heavy atom. The number of rotatable bonds is 6. The van der Waals surface area contributed by atoms with Crippen molar-refractivity contribution >= 4 is 17.6 Å². The first kappa shape index (κ1) is 17.9. The molecule has 2 aromatic carbocycles. The molecule has 5 nitrogen and oxygen atoms in total. The van der Waals surface area contributed by atoms with Gasteiger partial charge in [0.1, 0.15) is 18.2 Å². The fourth-order valence-electron chi connectivity index (χ4n) is 2.25. The molecule has 3 aromatic rings. The fourth-order valence-corrected chi connectivity index (χ4v) is 2.47. The lowest BCUT2D eigenvalue weighted by molar-refractivity contribution is 0.0514. The van der Waals surface area contributed by atoms with Crippen LogP contribution in [0.5, 0.6) is 5.75 Å². The van der Waals surface area contributed by atoms with Crippen LogP contribution in [0.2, 0.25) is 5.02 Å². The first-order valence-electron chi connectivity index (χ1n) is 7.88. The number of ether oxygens (including phenoxy) is 2. The van der Waals surface area contributed by atoms with Crippen molar-refractivity contribution in [2.75, 3.05) is 6.61 Å². The number of esters is 1. The molecule has 0 aliphatic rings. The van der Waals surface area contributed by atoms with E-state index in [1.54, 1.807) is 37.3 Å². The van der Waals surface area contributed by atoms with Gasteiger partial charge in [-0.2, -0.15) is 0 Å². The van der Waals surface area contributed by atoms with Gasteiger partial charge in [-0.05, 0) is 31.2 Å². The second kappa shape index (κ2) is 8.01. The van der Waals surface area contributed by atoms with E-state index in [9.17, 15) is 9.18 Å². The molecule has 0 saturated carbocycles. The van der Waals surface area contributed by atoms with Crippen LogP contribution in [0.1, 0.15) is 23.0 Å². The molecule has 0 fully saturated rings. The van der Waals surface area contributed by atoms with Crippen LogP contribution in [-0.4, -0.2) is 17.7 Å². The Labute approximate surface area is 154 Å². The molecule has 0 aliphatic carbocycles. The zero-order valence-corrected chi connectivity index (χ0v) is 14.6. The van der Waals surface area contributed by atoms with Crippen LogP contribution in [0.3, 0.4) is 0 Å². The molecule has 0 radical (unpaired) electrons. The van der Waals surface area contributed by atoms with Crippen molar-refractivity contribution in [1.29, 1.82) is 0 Å². The van der Waals surface area contributed by atoms with Crippen molar-refractivity contribution in [2.24, 2.45) is 0 Å². The third-order valence-corrected chi connectivity index (χ3v) is 3.87. The number of benzene rings is 2. The van der Waals surface area contributed by atoms with Crippen LogP contribution in [-0.2, 0) is 11.3 Å². The molecular formula is C19H15ClFNO4. The van der Waals surface area contributed by atoms with Gasteiger partial charge in [-0.3, -0.25) is 0 Å². The summed E-state index contributed by atoms with van der Waals surface area (Å²) in [6, 6.07) is 12.7. The average molecular weight is 376 g/mol. The fraction of sp³-hybridized carbons (Fsp3) is 0.158. The van der Waals surface area contributed by atoms with E-state index >= 15 is 0 Å². The standard InChI is InChI=1S/C19H15ClFNO4/c1-2-24-19(23)17-10-18(26-22-17)12-4-3-5-15(8-12)25-11-13-6-7-14(21)9-16(13)20/h3-10H,2,11H2,1H3. The van der Waals surface area contributed by atoms with Gasteiger partial charge in [0.2, 0.25) is 0 Å².